The van der Waals surface area contributed by atoms with Gasteiger partial charge in [-0.05, 0) is 35.9 Å². The van der Waals surface area contributed by atoms with Crippen LogP contribution in [0.4, 0.5) is 0 Å². The van der Waals surface area contributed by atoms with Crippen LogP contribution < -0.4 is 10.3 Å². The molecule has 9 heteroatoms. The van der Waals surface area contributed by atoms with E-state index in [1.54, 1.807) is 18.1 Å². The molecule has 5 rings (SSSR count). The van der Waals surface area contributed by atoms with Gasteiger partial charge in [0.15, 0.2) is 0 Å². The van der Waals surface area contributed by atoms with Crippen molar-refractivity contribution < 1.29 is 9.53 Å². The highest BCUT2D eigenvalue weighted by Crippen LogP contribution is 2.21. The third kappa shape index (κ3) is 4.55. The molecule has 1 saturated heterocycles. The summed E-state index contributed by atoms with van der Waals surface area (Å²) in [7, 11) is 1.61. The predicted molar refractivity (Wildman–Crippen MR) is 128 cm³/mol. The van der Waals surface area contributed by atoms with Crippen LogP contribution in [0.5, 0.6) is 5.75 Å². The lowest BCUT2D eigenvalue weighted by atomic mass is 10.1. The van der Waals surface area contributed by atoms with Crippen molar-refractivity contribution in [2.45, 2.75) is 13.1 Å². The standard InChI is InChI=1S/C25H26N6O3/c1-34-21-9-7-20(8-10-21)22-15-23-25(33)30(26-18-31(23)27-22)17-24(32)29-13-11-28(12-14-29)16-19-5-3-2-4-6-19/h2-10,15,18H,11-14,16-17H2,1H3. The van der Waals surface area contributed by atoms with Gasteiger partial charge in [-0.15, -0.1) is 0 Å². The summed E-state index contributed by atoms with van der Waals surface area (Å²) in [6, 6.07) is 19.5. The second-order valence-electron chi connectivity index (χ2n) is 8.32. The fourth-order valence-corrected chi connectivity index (χ4v) is 4.18. The van der Waals surface area contributed by atoms with Gasteiger partial charge in [0.25, 0.3) is 5.56 Å². The van der Waals surface area contributed by atoms with Crippen LogP contribution >= 0.6 is 0 Å². The van der Waals surface area contributed by atoms with E-state index in [1.807, 2.05) is 42.5 Å². The molecule has 1 amide bonds. The monoisotopic (exact) mass is 458 g/mol. The average molecular weight is 459 g/mol. The molecule has 1 aliphatic heterocycles. The molecule has 0 N–H and O–H groups in total. The number of methoxy groups -OCH3 is 1. The topological polar surface area (TPSA) is 85.0 Å². The van der Waals surface area contributed by atoms with Crippen molar-refractivity contribution in [3.8, 4) is 17.0 Å². The van der Waals surface area contributed by atoms with Crippen LogP contribution in [0, 0.1) is 0 Å². The number of piperazine rings is 1. The number of nitrogens with zero attached hydrogens (tertiary/aromatic N) is 6. The Balaban J connectivity index is 1.25. The van der Waals surface area contributed by atoms with Crippen LogP contribution in [0.15, 0.2) is 71.8 Å². The summed E-state index contributed by atoms with van der Waals surface area (Å²) in [5.74, 6) is 0.643. The van der Waals surface area contributed by atoms with E-state index in [-0.39, 0.29) is 18.0 Å². The van der Waals surface area contributed by atoms with Crippen LogP contribution in [0.1, 0.15) is 5.56 Å². The first-order valence-electron chi connectivity index (χ1n) is 11.2. The highest BCUT2D eigenvalue weighted by atomic mass is 16.5. The molecule has 2 aromatic heterocycles. The number of carbonyl (C=O) groups is 1. The quantitative estimate of drug-likeness (QED) is 0.439. The highest BCUT2D eigenvalue weighted by molar-refractivity contribution is 5.76. The van der Waals surface area contributed by atoms with E-state index in [9.17, 15) is 9.59 Å². The fraction of sp³-hybridized carbons (Fsp3) is 0.280. The Kier molecular flexibility index (Phi) is 6.09. The lowest BCUT2D eigenvalue weighted by Crippen LogP contribution is -2.49. The minimum absolute atomic E-state index is 0.0862. The number of amides is 1. The third-order valence-corrected chi connectivity index (χ3v) is 6.13. The maximum Gasteiger partial charge on any atom is 0.293 e. The van der Waals surface area contributed by atoms with Crippen molar-refractivity contribution in [2.75, 3.05) is 33.3 Å². The van der Waals surface area contributed by atoms with Gasteiger partial charge in [-0.2, -0.15) is 10.2 Å². The normalized spacial score (nSPS) is 14.4. The SMILES string of the molecule is COc1ccc(-c2cc3c(=O)n(CC(=O)N4CCN(Cc5ccccc5)CC4)ncn3n2)cc1. The molecule has 0 bridgehead atoms. The van der Waals surface area contributed by atoms with Gasteiger partial charge in [0.1, 0.15) is 24.1 Å². The van der Waals surface area contributed by atoms with Crippen molar-refractivity contribution in [3.63, 3.8) is 0 Å². The van der Waals surface area contributed by atoms with Crippen LogP contribution in [0.2, 0.25) is 0 Å². The molecule has 34 heavy (non-hydrogen) atoms. The van der Waals surface area contributed by atoms with Gasteiger partial charge in [0.2, 0.25) is 5.91 Å². The molecule has 2 aromatic carbocycles. The molecule has 9 nitrogen and oxygen atoms in total. The van der Waals surface area contributed by atoms with Gasteiger partial charge in [0.05, 0.1) is 12.8 Å². The summed E-state index contributed by atoms with van der Waals surface area (Å²) >= 11 is 0. The smallest absolute Gasteiger partial charge is 0.293 e. The zero-order valence-electron chi connectivity index (χ0n) is 19.0. The Bertz CT molecular complexity index is 1340. The van der Waals surface area contributed by atoms with Gasteiger partial charge in [-0.1, -0.05) is 30.3 Å². The first-order valence-corrected chi connectivity index (χ1v) is 11.2. The van der Waals surface area contributed by atoms with Gasteiger partial charge in [-0.3, -0.25) is 14.5 Å². The van der Waals surface area contributed by atoms with Crippen molar-refractivity contribution in [2.24, 2.45) is 0 Å². The van der Waals surface area contributed by atoms with Crippen molar-refractivity contribution in [1.82, 2.24) is 29.2 Å². The van der Waals surface area contributed by atoms with Gasteiger partial charge < -0.3 is 9.64 Å². The maximum absolute atomic E-state index is 13.0. The molecule has 1 fully saturated rings. The molecule has 0 radical (unpaired) electrons. The summed E-state index contributed by atoms with van der Waals surface area (Å²) in [5.41, 5.74) is 2.81. The predicted octanol–water partition coefficient (Wildman–Crippen LogP) is 1.91. The summed E-state index contributed by atoms with van der Waals surface area (Å²) in [6.07, 6.45) is 1.47. The van der Waals surface area contributed by atoms with Crippen molar-refractivity contribution >= 4 is 11.4 Å². The number of ether oxygens (including phenoxy) is 1. The molecule has 0 aliphatic carbocycles. The number of fused-ring (bicyclic) bond motifs is 1. The highest BCUT2D eigenvalue weighted by Gasteiger charge is 2.22. The van der Waals surface area contributed by atoms with Crippen molar-refractivity contribution in [3.05, 3.63) is 82.9 Å². The minimum atomic E-state index is -0.342. The number of hydrogen-bond donors (Lipinski definition) is 0. The zero-order valence-corrected chi connectivity index (χ0v) is 19.0. The van der Waals surface area contributed by atoms with E-state index in [0.717, 1.165) is 30.9 Å². The van der Waals surface area contributed by atoms with Gasteiger partial charge in [-0.25, -0.2) is 9.20 Å². The molecule has 0 unspecified atom stereocenters. The molecule has 1 aliphatic rings. The Morgan fingerprint density at radius 1 is 1.00 bits per heavy atom. The van der Waals surface area contributed by atoms with E-state index in [1.165, 1.54) is 21.1 Å². The van der Waals surface area contributed by atoms with Crippen LogP contribution in [0.3, 0.4) is 0 Å². The molecule has 4 aromatic rings. The summed E-state index contributed by atoms with van der Waals surface area (Å²) in [4.78, 5) is 30.0. The third-order valence-electron chi connectivity index (χ3n) is 6.13. The fourth-order valence-electron chi connectivity index (χ4n) is 4.18. The Morgan fingerprint density at radius 2 is 1.74 bits per heavy atom. The minimum Gasteiger partial charge on any atom is -0.497 e. The van der Waals surface area contributed by atoms with Gasteiger partial charge in [0, 0.05) is 38.3 Å². The lowest BCUT2D eigenvalue weighted by Gasteiger charge is -2.34. The Hall–Kier alpha value is -3.98. The summed E-state index contributed by atoms with van der Waals surface area (Å²) in [6.45, 7) is 3.66. The number of aromatic nitrogens is 4. The Labute approximate surface area is 196 Å². The first kappa shape index (κ1) is 21.8. The van der Waals surface area contributed by atoms with E-state index in [2.05, 4.69) is 27.2 Å². The molecule has 3 heterocycles. The van der Waals surface area contributed by atoms with Gasteiger partial charge >= 0.3 is 0 Å². The number of carbonyl (C=O) groups excluding carboxylic acids is 1. The molecular weight excluding hydrogens is 432 g/mol. The van der Waals surface area contributed by atoms with E-state index in [4.69, 9.17) is 4.74 Å². The first-order chi connectivity index (χ1) is 16.6. The van der Waals surface area contributed by atoms with Crippen LogP contribution in [-0.4, -0.2) is 68.4 Å². The second kappa shape index (κ2) is 9.48. The summed E-state index contributed by atoms with van der Waals surface area (Å²) in [5, 5.41) is 8.62. The van der Waals surface area contributed by atoms with E-state index in [0.29, 0.717) is 24.3 Å². The number of benzene rings is 2. The number of hydrogen-bond acceptors (Lipinski definition) is 6. The molecule has 0 saturated carbocycles. The molecular formula is C25H26N6O3. The molecule has 174 valence electrons. The van der Waals surface area contributed by atoms with Crippen molar-refractivity contribution in [1.29, 1.82) is 0 Å². The zero-order chi connectivity index (χ0) is 23.5. The molecule has 0 spiro atoms. The van der Waals surface area contributed by atoms with Crippen LogP contribution in [-0.2, 0) is 17.9 Å². The van der Waals surface area contributed by atoms with E-state index >= 15 is 0 Å². The van der Waals surface area contributed by atoms with Crippen LogP contribution in [0.25, 0.3) is 16.8 Å². The maximum atomic E-state index is 13.0. The average Bonchev–Trinajstić information content (AvgIpc) is 3.32. The number of rotatable bonds is 6. The largest absolute Gasteiger partial charge is 0.497 e. The second-order valence-corrected chi connectivity index (χ2v) is 8.32. The Morgan fingerprint density at radius 3 is 2.44 bits per heavy atom. The lowest BCUT2D eigenvalue weighted by molar-refractivity contribution is -0.133. The summed E-state index contributed by atoms with van der Waals surface area (Å²) < 4.78 is 7.86. The van der Waals surface area contributed by atoms with E-state index < -0.39 is 0 Å². The molecule has 0 atom stereocenters.